The molecular weight excluding hydrogens is 354 g/mol. The van der Waals surface area contributed by atoms with Crippen molar-refractivity contribution in [1.29, 1.82) is 0 Å². The predicted molar refractivity (Wildman–Crippen MR) is 99.5 cm³/mol. The highest BCUT2D eigenvalue weighted by atomic mass is 16.7. The minimum absolute atomic E-state index is 0.108. The summed E-state index contributed by atoms with van der Waals surface area (Å²) >= 11 is 0. The van der Waals surface area contributed by atoms with Gasteiger partial charge in [0.1, 0.15) is 30.2 Å². The Labute approximate surface area is 159 Å². The molecule has 0 aliphatic carbocycles. The van der Waals surface area contributed by atoms with Crippen LogP contribution in [0.3, 0.4) is 0 Å². The third-order valence-corrected chi connectivity index (χ3v) is 4.16. The number of aliphatic hydroxyl groups is 4. The maximum atomic E-state index is 10.2. The maximum absolute atomic E-state index is 10.2. The number of nitrogens with one attached hydrogen (secondary N) is 1. The molecule has 1 aliphatic heterocycles. The number of aliphatic hydroxyl groups excluding tert-OH is 4. The number of hydrogen-bond acceptors (Lipinski definition) is 8. The average molecular weight is 385 g/mol. The monoisotopic (exact) mass is 385 g/mol. The van der Waals surface area contributed by atoms with Crippen LogP contribution in [0.2, 0.25) is 0 Å². The Morgan fingerprint density at radius 3 is 2.37 bits per heavy atom. The fourth-order valence-electron chi connectivity index (χ4n) is 2.75. The summed E-state index contributed by atoms with van der Waals surface area (Å²) in [5.41, 5.74) is 1.64. The molecule has 2 rings (SSSR count). The zero-order valence-corrected chi connectivity index (χ0v) is 16.2. The van der Waals surface area contributed by atoms with Gasteiger partial charge in [-0.1, -0.05) is 6.07 Å². The van der Waals surface area contributed by atoms with Crippen molar-refractivity contribution in [2.75, 3.05) is 11.9 Å². The van der Waals surface area contributed by atoms with Crippen molar-refractivity contribution in [3.8, 4) is 5.75 Å². The Morgan fingerprint density at radius 2 is 1.78 bits per heavy atom. The Balaban J connectivity index is 2.20. The first kappa shape index (κ1) is 21.9. The van der Waals surface area contributed by atoms with E-state index < -0.39 is 37.3 Å². The van der Waals surface area contributed by atoms with Crippen LogP contribution in [-0.4, -0.2) is 69.9 Å². The predicted octanol–water partition coefficient (Wildman–Crippen LogP) is 0.611. The van der Waals surface area contributed by atoms with Gasteiger partial charge in [0.25, 0.3) is 0 Å². The molecule has 5 atom stereocenters. The van der Waals surface area contributed by atoms with Gasteiger partial charge in [0.15, 0.2) is 0 Å². The molecule has 5 N–H and O–H groups in total. The molecule has 0 spiro atoms. The van der Waals surface area contributed by atoms with Crippen LogP contribution < -0.4 is 10.1 Å². The van der Waals surface area contributed by atoms with Crippen molar-refractivity contribution < 1.29 is 34.6 Å². The number of rotatable bonds is 8. The van der Waals surface area contributed by atoms with Gasteiger partial charge in [-0.3, -0.25) is 0 Å². The molecule has 1 aromatic carbocycles. The molecule has 0 bridgehead atoms. The van der Waals surface area contributed by atoms with Crippen molar-refractivity contribution >= 4 is 5.69 Å². The summed E-state index contributed by atoms with van der Waals surface area (Å²) in [5.74, 6) is 0.418. The molecule has 1 aromatic rings. The number of benzene rings is 1. The second-order valence-electron chi connectivity index (χ2n) is 7.30. The van der Waals surface area contributed by atoms with E-state index in [1.807, 2.05) is 39.8 Å². The van der Waals surface area contributed by atoms with Gasteiger partial charge in [-0.2, -0.15) is 0 Å². The van der Waals surface area contributed by atoms with Crippen LogP contribution in [0.1, 0.15) is 33.3 Å². The molecule has 0 amide bonds. The van der Waals surface area contributed by atoms with Crippen LogP contribution >= 0.6 is 0 Å². The molecule has 0 radical (unpaired) electrons. The molecule has 0 saturated carbocycles. The van der Waals surface area contributed by atoms with Gasteiger partial charge in [-0.25, -0.2) is 0 Å². The number of hydrogen-bond donors (Lipinski definition) is 5. The van der Waals surface area contributed by atoms with Crippen LogP contribution in [0, 0.1) is 0 Å². The van der Waals surface area contributed by atoms with Crippen molar-refractivity contribution in [3.05, 3.63) is 23.8 Å². The summed E-state index contributed by atoms with van der Waals surface area (Å²) in [6, 6.07) is 5.59. The van der Waals surface area contributed by atoms with Crippen LogP contribution in [0.25, 0.3) is 0 Å². The van der Waals surface area contributed by atoms with Gasteiger partial charge in [-0.05, 0) is 45.4 Å². The first-order valence-electron chi connectivity index (χ1n) is 9.21. The fourth-order valence-corrected chi connectivity index (χ4v) is 2.75. The number of ether oxygens (including phenoxy) is 3. The third kappa shape index (κ3) is 5.78. The second kappa shape index (κ2) is 9.68. The van der Waals surface area contributed by atoms with E-state index in [4.69, 9.17) is 14.2 Å². The van der Waals surface area contributed by atoms with Gasteiger partial charge in [0.05, 0.1) is 25.0 Å². The molecular formula is C19H31NO7. The molecule has 8 heteroatoms. The molecule has 0 aromatic heterocycles. The van der Waals surface area contributed by atoms with E-state index in [1.165, 1.54) is 0 Å². The number of anilines is 1. The van der Waals surface area contributed by atoms with Crippen LogP contribution in [-0.2, 0) is 16.1 Å². The summed E-state index contributed by atoms with van der Waals surface area (Å²) < 4.78 is 16.8. The molecule has 1 heterocycles. The Hall–Kier alpha value is -1.42. The minimum atomic E-state index is -1.49. The standard InChI is InChI=1S/C19H31NO7/c1-10(2)20-13-7-12(9-25-11(3)4)5-6-14(13)26-19-18(24)17(23)16(22)15(8-21)27-19/h5-7,10-11,15-24H,8-9H2,1-4H3. The summed E-state index contributed by atoms with van der Waals surface area (Å²) in [6.45, 7) is 7.83. The fraction of sp³-hybridized carbons (Fsp3) is 0.684. The summed E-state index contributed by atoms with van der Waals surface area (Å²) in [4.78, 5) is 0. The normalized spacial score (nSPS) is 28.6. The third-order valence-electron chi connectivity index (χ3n) is 4.16. The highest BCUT2D eigenvalue weighted by Crippen LogP contribution is 2.31. The lowest BCUT2D eigenvalue weighted by Crippen LogP contribution is -2.60. The van der Waals surface area contributed by atoms with Gasteiger partial charge in [-0.15, -0.1) is 0 Å². The lowest BCUT2D eigenvalue weighted by atomic mass is 9.99. The zero-order chi connectivity index (χ0) is 20.1. The molecule has 1 fully saturated rings. The van der Waals surface area contributed by atoms with Crippen molar-refractivity contribution in [1.82, 2.24) is 0 Å². The van der Waals surface area contributed by atoms with Gasteiger partial charge >= 0.3 is 0 Å². The van der Waals surface area contributed by atoms with E-state index in [-0.39, 0.29) is 12.1 Å². The van der Waals surface area contributed by atoms with E-state index in [0.29, 0.717) is 18.0 Å². The topological polar surface area (TPSA) is 121 Å². The van der Waals surface area contributed by atoms with Crippen LogP contribution in [0.5, 0.6) is 5.75 Å². The van der Waals surface area contributed by atoms with Gasteiger partial charge in [0, 0.05) is 6.04 Å². The summed E-state index contributed by atoms with van der Waals surface area (Å²) in [5, 5.41) is 42.6. The van der Waals surface area contributed by atoms with Crippen molar-refractivity contribution in [3.63, 3.8) is 0 Å². The Bertz CT molecular complexity index is 593. The molecule has 8 nitrogen and oxygen atoms in total. The van der Waals surface area contributed by atoms with E-state index in [9.17, 15) is 20.4 Å². The lowest BCUT2D eigenvalue weighted by molar-refractivity contribution is -0.277. The van der Waals surface area contributed by atoms with Gasteiger partial charge in [0.2, 0.25) is 6.29 Å². The Kier molecular flexibility index (Phi) is 7.84. The average Bonchev–Trinajstić information content (AvgIpc) is 2.61. The summed E-state index contributed by atoms with van der Waals surface area (Å²) in [6.07, 6.45) is -6.51. The minimum Gasteiger partial charge on any atom is -0.460 e. The maximum Gasteiger partial charge on any atom is 0.229 e. The first-order chi connectivity index (χ1) is 12.7. The quantitative estimate of drug-likeness (QED) is 0.441. The smallest absolute Gasteiger partial charge is 0.229 e. The van der Waals surface area contributed by atoms with E-state index in [0.717, 1.165) is 5.56 Å². The summed E-state index contributed by atoms with van der Waals surface area (Å²) in [7, 11) is 0. The van der Waals surface area contributed by atoms with Crippen molar-refractivity contribution in [2.45, 2.75) is 77.2 Å². The highest BCUT2D eigenvalue weighted by molar-refractivity contribution is 5.58. The van der Waals surface area contributed by atoms with E-state index in [1.54, 1.807) is 6.07 Å². The molecule has 5 unspecified atom stereocenters. The molecule has 1 aliphatic rings. The van der Waals surface area contributed by atoms with E-state index >= 15 is 0 Å². The molecule has 154 valence electrons. The van der Waals surface area contributed by atoms with Gasteiger partial charge < -0.3 is 40.0 Å². The zero-order valence-electron chi connectivity index (χ0n) is 16.2. The van der Waals surface area contributed by atoms with Crippen LogP contribution in [0.4, 0.5) is 5.69 Å². The second-order valence-corrected chi connectivity index (χ2v) is 7.30. The highest BCUT2D eigenvalue weighted by Gasteiger charge is 2.44. The molecule has 27 heavy (non-hydrogen) atoms. The first-order valence-corrected chi connectivity index (χ1v) is 9.21. The molecule has 1 saturated heterocycles. The van der Waals surface area contributed by atoms with Crippen LogP contribution in [0.15, 0.2) is 18.2 Å². The largest absolute Gasteiger partial charge is 0.460 e. The lowest BCUT2D eigenvalue weighted by Gasteiger charge is -2.39. The van der Waals surface area contributed by atoms with Crippen molar-refractivity contribution in [2.24, 2.45) is 0 Å². The Morgan fingerprint density at radius 1 is 1.07 bits per heavy atom. The van der Waals surface area contributed by atoms with E-state index in [2.05, 4.69) is 5.32 Å². The SMILES string of the molecule is CC(C)Nc1cc(COC(C)C)ccc1OC1OC(CO)C(O)C(O)C1O.